The van der Waals surface area contributed by atoms with Crippen LogP contribution in [0.25, 0.3) is 0 Å². The second-order valence-electron chi connectivity index (χ2n) is 5.26. The second kappa shape index (κ2) is 6.71. The summed E-state index contributed by atoms with van der Waals surface area (Å²) < 4.78 is 6.47. The van der Waals surface area contributed by atoms with Gasteiger partial charge >= 0.3 is 0 Å². The van der Waals surface area contributed by atoms with E-state index in [4.69, 9.17) is 10.5 Å². The van der Waals surface area contributed by atoms with Crippen LogP contribution in [0.4, 0.5) is 5.69 Å². The van der Waals surface area contributed by atoms with Gasteiger partial charge in [-0.2, -0.15) is 5.10 Å². The van der Waals surface area contributed by atoms with E-state index in [2.05, 4.69) is 10.4 Å². The van der Waals surface area contributed by atoms with E-state index in [1.54, 1.807) is 25.6 Å². The van der Waals surface area contributed by atoms with Crippen LogP contribution in [0.2, 0.25) is 0 Å². The third-order valence-corrected chi connectivity index (χ3v) is 3.24. The summed E-state index contributed by atoms with van der Waals surface area (Å²) in [6.07, 6.45) is 0.455. The maximum atomic E-state index is 11.9. The summed E-state index contributed by atoms with van der Waals surface area (Å²) in [5.41, 5.74) is 6.90. The van der Waals surface area contributed by atoms with Crippen LogP contribution in [0.15, 0.2) is 0 Å². The maximum absolute atomic E-state index is 11.9. The highest BCUT2D eigenvalue weighted by atomic mass is 16.5. The summed E-state index contributed by atoms with van der Waals surface area (Å²) in [6.45, 7) is 5.97. The molecule has 7 nitrogen and oxygen atoms in total. The van der Waals surface area contributed by atoms with Gasteiger partial charge in [0.05, 0.1) is 22.7 Å². The number of nitrogens with zero attached hydrogens (tertiary/aromatic N) is 2. The van der Waals surface area contributed by atoms with E-state index in [-0.39, 0.29) is 19.0 Å². The number of anilines is 1. The predicted molar refractivity (Wildman–Crippen MR) is 76.2 cm³/mol. The SMILES string of the molecule is COCCC(C)(O)CNC(=O)Cn1nc(C)c(N)c1C. The van der Waals surface area contributed by atoms with Crippen molar-refractivity contribution in [3.8, 4) is 0 Å². The molecule has 0 bridgehead atoms. The number of nitrogens with one attached hydrogen (secondary N) is 1. The van der Waals surface area contributed by atoms with Gasteiger partial charge in [-0.05, 0) is 20.8 Å². The lowest BCUT2D eigenvalue weighted by molar-refractivity contribution is -0.123. The second-order valence-corrected chi connectivity index (χ2v) is 5.26. The van der Waals surface area contributed by atoms with E-state index < -0.39 is 5.60 Å². The van der Waals surface area contributed by atoms with Crippen LogP contribution in [-0.4, -0.2) is 46.7 Å². The molecular weight excluding hydrogens is 260 g/mol. The van der Waals surface area contributed by atoms with Crippen LogP contribution < -0.4 is 11.1 Å². The van der Waals surface area contributed by atoms with E-state index in [9.17, 15) is 9.90 Å². The molecule has 1 amide bonds. The van der Waals surface area contributed by atoms with Gasteiger partial charge in [0.25, 0.3) is 0 Å². The number of hydrogen-bond acceptors (Lipinski definition) is 5. The number of hydrogen-bond donors (Lipinski definition) is 3. The lowest BCUT2D eigenvalue weighted by atomic mass is 10.0. The van der Waals surface area contributed by atoms with Crippen molar-refractivity contribution in [1.82, 2.24) is 15.1 Å². The number of rotatable bonds is 7. The minimum atomic E-state index is -0.986. The average Bonchev–Trinajstić information content (AvgIpc) is 2.62. The van der Waals surface area contributed by atoms with Crippen molar-refractivity contribution in [3.63, 3.8) is 0 Å². The van der Waals surface area contributed by atoms with Gasteiger partial charge in [0.2, 0.25) is 5.91 Å². The van der Waals surface area contributed by atoms with Crippen molar-refractivity contribution in [3.05, 3.63) is 11.4 Å². The smallest absolute Gasteiger partial charge is 0.241 e. The summed E-state index contributed by atoms with van der Waals surface area (Å²) in [4.78, 5) is 11.9. The van der Waals surface area contributed by atoms with Gasteiger partial charge in [0.15, 0.2) is 0 Å². The Kier molecular flexibility index (Phi) is 5.52. The molecule has 0 aromatic carbocycles. The first-order valence-corrected chi connectivity index (χ1v) is 6.54. The lowest BCUT2D eigenvalue weighted by Gasteiger charge is -2.23. The Labute approximate surface area is 119 Å². The molecule has 0 spiro atoms. The minimum absolute atomic E-state index is 0.0875. The highest BCUT2D eigenvalue weighted by molar-refractivity contribution is 5.76. The van der Waals surface area contributed by atoms with Gasteiger partial charge in [0.1, 0.15) is 6.54 Å². The van der Waals surface area contributed by atoms with Crippen molar-refractivity contribution >= 4 is 11.6 Å². The Morgan fingerprint density at radius 3 is 2.70 bits per heavy atom. The van der Waals surface area contributed by atoms with Crippen LogP contribution in [0.3, 0.4) is 0 Å². The highest BCUT2D eigenvalue weighted by Gasteiger charge is 2.21. The zero-order valence-electron chi connectivity index (χ0n) is 12.6. The molecule has 1 aromatic rings. The summed E-state index contributed by atoms with van der Waals surface area (Å²) in [6, 6.07) is 0. The number of methoxy groups -OCH3 is 1. The largest absolute Gasteiger partial charge is 0.396 e. The van der Waals surface area contributed by atoms with Gasteiger partial charge < -0.3 is 20.9 Å². The van der Waals surface area contributed by atoms with Crippen molar-refractivity contribution in [2.24, 2.45) is 0 Å². The highest BCUT2D eigenvalue weighted by Crippen LogP contribution is 2.14. The molecule has 1 unspecified atom stereocenters. The molecule has 0 aliphatic heterocycles. The number of nitrogen functional groups attached to an aromatic ring is 1. The molecule has 1 aromatic heterocycles. The molecule has 114 valence electrons. The van der Waals surface area contributed by atoms with E-state index in [0.717, 1.165) is 5.69 Å². The number of ether oxygens (including phenoxy) is 1. The zero-order chi connectivity index (χ0) is 15.3. The number of aliphatic hydroxyl groups is 1. The molecule has 0 aliphatic rings. The number of aromatic nitrogens is 2. The maximum Gasteiger partial charge on any atom is 0.241 e. The first-order chi connectivity index (χ1) is 9.26. The number of aryl methyl sites for hydroxylation is 1. The molecule has 0 aliphatic carbocycles. The van der Waals surface area contributed by atoms with E-state index in [0.29, 0.717) is 24.4 Å². The van der Waals surface area contributed by atoms with Crippen molar-refractivity contribution in [2.45, 2.75) is 39.3 Å². The molecule has 0 fully saturated rings. The van der Waals surface area contributed by atoms with Gasteiger partial charge in [-0.1, -0.05) is 0 Å². The van der Waals surface area contributed by atoms with Crippen LogP contribution in [0.1, 0.15) is 24.7 Å². The standard InChI is InChI=1S/C13H24N4O3/c1-9-12(14)10(2)17(16-9)7-11(18)15-8-13(3,19)5-6-20-4/h19H,5-8,14H2,1-4H3,(H,15,18). The molecule has 0 saturated heterocycles. The van der Waals surface area contributed by atoms with Crippen LogP contribution in [0.5, 0.6) is 0 Å². The molecule has 0 radical (unpaired) electrons. The first kappa shape index (κ1) is 16.5. The summed E-state index contributed by atoms with van der Waals surface area (Å²) >= 11 is 0. The number of nitrogens with two attached hydrogens (primary N) is 1. The summed E-state index contributed by atoms with van der Waals surface area (Å²) in [7, 11) is 1.57. The third-order valence-electron chi connectivity index (χ3n) is 3.24. The quantitative estimate of drug-likeness (QED) is 0.653. The number of amides is 1. The Hall–Kier alpha value is -1.60. The van der Waals surface area contributed by atoms with Crippen LogP contribution in [0, 0.1) is 13.8 Å². The number of carbonyl (C=O) groups excluding carboxylic acids is 1. The van der Waals surface area contributed by atoms with E-state index in [1.807, 2.05) is 6.92 Å². The summed E-state index contributed by atoms with van der Waals surface area (Å²) in [5, 5.41) is 16.9. The minimum Gasteiger partial charge on any atom is -0.396 e. The molecule has 1 rings (SSSR count). The first-order valence-electron chi connectivity index (χ1n) is 6.54. The van der Waals surface area contributed by atoms with Crippen LogP contribution in [-0.2, 0) is 16.1 Å². The Morgan fingerprint density at radius 1 is 1.55 bits per heavy atom. The van der Waals surface area contributed by atoms with Gasteiger partial charge in [-0.25, -0.2) is 0 Å². The van der Waals surface area contributed by atoms with Crippen molar-refractivity contribution in [1.29, 1.82) is 0 Å². The van der Waals surface area contributed by atoms with E-state index in [1.165, 1.54) is 0 Å². The average molecular weight is 284 g/mol. The monoisotopic (exact) mass is 284 g/mol. The lowest BCUT2D eigenvalue weighted by Crippen LogP contribution is -2.42. The molecule has 7 heteroatoms. The Bertz CT molecular complexity index is 468. The van der Waals surface area contributed by atoms with Crippen LogP contribution >= 0.6 is 0 Å². The fraction of sp³-hybridized carbons (Fsp3) is 0.692. The van der Waals surface area contributed by atoms with Crippen molar-refractivity contribution < 1.29 is 14.6 Å². The molecule has 1 atom stereocenters. The third kappa shape index (κ3) is 4.50. The fourth-order valence-corrected chi connectivity index (χ4v) is 1.76. The Morgan fingerprint density at radius 2 is 2.20 bits per heavy atom. The molecule has 4 N–H and O–H groups in total. The number of carbonyl (C=O) groups is 1. The zero-order valence-corrected chi connectivity index (χ0v) is 12.6. The fourth-order valence-electron chi connectivity index (χ4n) is 1.76. The molecule has 0 saturated carbocycles. The molecular formula is C13H24N4O3. The topological polar surface area (TPSA) is 102 Å². The van der Waals surface area contributed by atoms with Crippen molar-refractivity contribution in [2.75, 3.05) is 26.0 Å². The Balaban J connectivity index is 2.50. The summed E-state index contributed by atoms with van der Waals surface area (Å²) in [5.74, 6) is -0.215. The molecule has 1 heterocycles. The van der Waals surface area contributed by atoms with E-state index >= 15 is 0 Å². The normalized spacial score (nSPS) is 14.1. The van der Waals surface area contributed by atoms with Gasteiger partial charge in [0, 0.05) is 26.7 Å². The van der Waals surface area contributed by atoms with Gasteiger partial charge in [-0.15, -0.1) is 0 Å². The van der Waals surface area contributed by atoms with Gasteiger partial charge in [-0.3, -0.25) is 9.48 Å². The predicted octanol–water partition coefficient (Wildman–Crippen LogP) is -0.0142. The molecule has 20 heavy (non-hydrogen) atoms.